The molecule has 2 nitrogen and oxygen atoms in total. The van der Waals surface area contributed by atoms with E-state index in [0.29, 0.717) is 15.6 Å². The summed E-state index contributed by atoms with van der Waals surface area (Å²) in [6, 6.07) is 9.71. The van der Waals surface area contributed by atoms with Gasteiger partial charge in [-0.3, -0.25) is 0 Å². The van der Waals surface area contributed by atoms with Crippen LogP contribution >= 0.6 is 23.2 Å². The second-order valence-electron chi connectivity index (χ2n) is 5.11. The summed E-state index contributed by atoms with van der Waals surface area (Å²) in [4.78, 5) is 0. The maximum Gasteiger partial charge on any atom is 0.0682 e. The number of aliphatic hydroxyl groups is 1. The van der Waals surface area contributed by atoms with Gasteiger partial charge in [0, 0.05) is 11.6 Å². The van der Waals surface area contributed by atoms with E-state index in [9.17, 15) is 5.11 Å². The van der Waals surface area contributed by atoms with Crippen molar-refractivity contribution in [3.63, 3.8) is 0 Å². The molecule has 104 valence electrons. The Morgan fingerprint density at radius 3 is 2.55 bits per heavy atom. The summed E-state index contributed by atoms with van der Waals surface area (Å²) in [6.45, 7) is -0.0719. The molecule has 0 heterocycles. The van der Waals surface area contributed by atoms with Crippen molar-refractivity contribution in [3.05, 3.63) is 57.1 Å². The molecule has 20 heavy (non-hydrogen) atoms. The van der Waals surface area contributed by atoms with Crippen LogP contribution in [0.5, 0.6) is 0 Å². The number of rotatable bonds is 2. The number of nitrogens with two attached hydrogens (primary N) is 1. The Morgan fingerprint density at radius 2 is 1.90 bits per heavy atom. The Labute approximate surface area is 128 Å². The summed E-state index contributed by atoms with van der Waals surface area (Å²) in [6.07, 6.45) is 1.90. The average molecular weight is 308 g/mol. The Morgan fingerprint density at radius 1 is 1.20 bits per heavy atom. The van der Waals surface area contributed by atoms with E-state index in [2.05, 4.69) is 6.07 Å². The minimum atomic E-state index is -0.0719. The van der Waals surface area contributed by atoms with E-state index in [0.717, 1.165) is 24.0 Å². The number of benzene rings is 2. The van der Waals surface area contributed by atoms with E-state index in [4.69, 9.17) is 28.9 Å². The van der Waals surface area contributed by atoms with Gasteiger partial charge in [-0.25, -0.2) is 0 Å². The predicted molar refractivity (Wildman–Crippen MR) is 83.1 cm³/mol. The van der Waals surface area contributed by atoms with E-state index < -0.39 is 0 Å². The Kier molecular flexibility index (Phi) is 3.74. The molecule has 0 radical (unpaired) electrons. The second-order valence-corrected chi connectivity index (χ2v) is 5.93. The molecule has 0 bridgehead atoms. The minimum Gasteiger partial charge on any atom is -0.392 e. The third-order valence-corrected chi connectivity index (χ3v) is 4.47. The zero-order valence-electron chi connectivity index (χ0n) is 10.9. The smallest absolute Gasteiger partial charge is 0.0682 e. The summed E-state index contributed by atoms with van der Waals surface area (Å²) >= 11 is 12.7. The van der Waals surface area contributed by atoms with Crippen molar-refractivity contribution in [1.82, 2.24) is 0 Å². The fraction of sp³-hybridized carbons (Fsp3) is 0.250. The summed E-state index contributed by atoms with van der Waals surface area (Å²) in [5.41, 5.74) is 11.1. The van der Waals surface area contributed by atoms with Crippen molar-refractivity contribution >= 4 is 23.2 Å². The Bertz CT molecular complexity index is 647. The van der Waals surface area contributed by atoms with Crippen LogP contribution < -0.4 is 5.73 Å². The highest BCUT2D eigenvalue weighted by Crippen LogP contribution is 2.42. The third-order valence-electron chi connectivity index (χ3n) is 3.87. The van der Waals surface area contributed by atoms with Gasteiger partial charge in [-0.15, -0.1) is 0 Å². The first kappa shape index (κ1) is 13.9. The maximum absolute atomic E-state index is 9.20. The minimum absolute atomic E-state index is 0.0719. The van der Waals surface area contributed by atoms with Crippen LogP contribution in [0.4, 0.5) is 0 Å². The maximum atomic E-state index is 9.20. The monoisotopic (exact) mass is 307 g/mol. The van der Waals surface area contributed by atoms with Gasteiger partial charge in [0.15, 0.2) is 0 Å². The summed E-state index contributed by atoms with van der Waals surface area (Å²) in [5, 5.41) is 10.3. The van der Waals surface area contributed by atoms with Crippen molar-refractivity contribution < 1.29 is 5.11 Å². The molecule has 2 aromatic rings. The zero-order chi connectivity index (χ0) is 14.3. The lowest BCUT2D eigenvalue weighted by Crippen LogP contribution is -2.05. The highest BCUT2D eigenvalue weighted by Gasteiger charge is 2.23. The highest BCUT2D eigenvalue weighted by molar-refractivity contribution is 6.39. The molecule has 0 unspecified atom stereocenters. The average Bonchev–Trinajstić information content (AvgIpc) is 2.81. The Hall–Kier alpha value is -1.06. The molecule has 0 aromatic heterocycles. The standard InChI is InChI=1S/C16H15Cl2NO/c17-13-6-9(8-20)7-14(18)16(13)12-3-1-2-11-10(12)4-5-15(11)19/h1-3,6-7,15,20H,4-5,8,19H2/t15-/m1/s1. The van der Waals surface area contributed by atoms with Gasteiger partial charge in [-0.2, -0.15) is 0 Å². The van der Waals surface area contributed by atoms with Gasteiger partial charge < -0.3 is 10.8 Å². The lowest BCUT2D eigenvalue weighted by molar-refractivity contribution is 0.282. The molecule has 3 N–H and O–H groups in total. The van der Waals surface area contributed by atoms with Crippen molar-refractivity contribution in [2.24, 2.45) is 5.73 Å². The molecular weight excluding hydrogens is 293 g/mol. The summed E-state index contributed by atoms with van der Waals surface area (Å²) in [5.74, 6) is 0. The topological polar surface area (TPSA) is 46.2 Å². The fourth-order valence-electron chi connectivity index (χ4n) is 2.89. The van der Waals surface area contributed by atoms with Crippen LogP contribution in [0.15, 0.2) is 30.3 Å². The van der Waals surface area contributed by atoms with Gasteiger partial charge in [0.05, 0.1) is 16.7 Å². The van der Waals surface area contributed by atoms with Gasteiger partial charge in [-0.05, 0) is 47.2 Å². The molecule has 0 fully saturated rings. The molecule has 3 rings (SSSR count). The molecule has 2 aromatic carbocycles. The molecule has 0 aliphatic heterocycles. The Balaban J connectivity index is 2.20. The summed E-state index contributed by atoms with van der Waals surface area (Å²) in [7, 11) is 0. The number of hydrogen-bond acceptors (Lipinski definition) is 2. The third kappa shape index (κ3) is 2.23. The van der Waals surface area contributed by atoms with Crippen LogP contribution in [0.25, 0.3) is 11.1 Å². The second kappa shape index (κ2) is 5.38. The first-order valence-electron chi connectivity index (χ1n) is 6.58. The van der Waals surface area contributed by atoms with Crippen LogP contribution in [-0.2, 0) is 13.0 Å². The van der Waals surface area contributed by atoms with Crippen LogP contribution in [-0.4, -0.2) is 5.11 Å². The number of halogens is 2. The van der Waals surface area contributed by atoms with Gasteiger partial charge >= 0.3 is 0 Å². The van der Waals surface area contributed by atoms with Crippen LogP contribution in [0, 0.1) is 0 Å². The number of aliphatic hydroxyl groups excluding tert-OH is 1. The molecule has 0 spiro atoms. The molecule has 1 aliphatic rings. The van der Waals surface area contributed by atoms with E-state index in [1.54, 1.807) is 12.1 Å². The van der Waals surface area contributed by atoms with Crippen molar-refractivity contribution in [1.29, 1.82) is 0 Å². The van der Waals surface area contributed by atoms with E-state index in [1.165, 1.54) is 11.1 Å². The van der Waals surface area contributed by atoms with Gasteiger partial charge in [0.2, 0.25) is 0 Å². The van der Waals surface area contributed by atoms with Crippen molar-refractivity contribution in [2.75, 3.05) is 0 Å². The largest absolute Gasteiger partial charge is 0.392 e. The lowest BCUT2D eigenvalue weighted by Gasteiger charge is -2.14. The molecule has 1 aliphatic carbocycles. The molecule has 0 amide bonds. The molecule has 0 saturated carbocycles. The van der Waals surface area contributed by atoms with E-state index in [-0.39, 0.29) is 12.6 Å². The van der Waals surface area contributed by atoms with Crippen LogP contribution in [0.2, 0.25) is 10.0 Å². The molecule has 1 atom stereocenters. The molecule has 4 heteroatoms. The molecular formula is C16H15Cl2NO. The predicted octanol–water partition coefficient (Wildman–Crippen LogP) is 4.10. The first-order chi connectivity index (χ1) is 9.61. The number of hydrogen-bond donors (Lipinski definition) is 2. The quantitative estimate of drug-likeness (QED) is 0.877. The van der Waals surface area contributed by atoms with Gasteiger partial charge in [-0.1, -0.05) is 41.4 Å². The van der Waals surface area contributed by atoms with Crippen LogP contribution in [0.1, 0.15) is 29.2 Å². The lowest BCUT2D eigenvalue weighted by atomic mass is 9.95. The first-order valence-corrected chi connectivity index (χ1v) is 7.34. The van der Waals surface area contributed by atoms with Gasteiger partial charge in [0.1, 0.15) is 0 Å². The van der Waals surface area contributed by atoms with Crippen LogP contribution in [0.3, 0.4) is 0 Å². The molecule has 0 saturated heterocycles. The normalized spacial score (nSPS) is 17.3. The number of fused-ring (bicyclic) bond motifs is 1. The zero-order valence-corrected chi connectivity index (χ0v) is 12.4. The summed E-state index contributed by atoms with van der Waals surface area (Å²) < 4.78 is 0. The van der Waals surface area contributed by atoms with E-state index in [1.807, 2.05) is 12.1 Å². The van der Waals surface area contributed by atoms with Gasteiger partial charge in [0.25, 0.3) is 0 Å². The van der Waals surface area contributed by atoms with Crippen molar-refractivity contribution in [2.45, 2.75) is 25.5 Å². The van der Waals surface area contributed by atoms with Crippen molar-refractivity contribution in [3.8, 4) is 11.1 Å². The fourth-order valence-corrected chi connectivity index (χ4v) is 3.63. The highest BCUT2D eigenvalue weighted by atomic mass is 35.5. The van der Waals surface area contributed by atoms with E-state index >= 15 is 0 Å². The SMILES string of the molecule is N[C@@H]1CCc2c(-c3c(Cl)cc(CO)cc3Cl)cccc21.